The van der Waals surface area contributed by atoms with Crippen molar-refractivity contribution in [2.24, 2.45) is 5.73 Å². The van der Waals surface area contributed by atoms with Crippen molar-refractivity contribution in [3.8, 4) is 0 Å². The Morgan fingerprint density at radius 2 is 1.86 bits per heavy atom. The molecule has 0 spiro atoms. The number of sulfonamides is 1. The molecule has 0 bridgehead atoms. The largest absolute Gasteiger partial charge is 0.351 e. The van der Waals surface area contributed by atoms with Crippen molar-refractivity contribution < 1.29 is 13.2 Å². The summed E-state index contributed by atoms with van der Waals surface area (Å²) in [7, 11) is -3.28. The van der Waals surface area contributed by atoms with E-state index in [0.29, 0.717) is 25.2 Å². The third-order valence-electron chi connectivity index (χ3n) is 3.46. The molecule has 1 aromatic carbocycles. The van der Waals surface area contributed by atoms with Crippen LogP contribution < -0.4 is 11.1 Å². The highest BCUT2D eigenvalue weighted by molar-refractivity contribution is 7.99. The van der Waals surface area contributed by atoms with Gasteiger partial charge in [0, 0.05) is 43.2 Å². The summed E-state index contributed by atoms with van der Waals surface area (Å²) in [6, 6.07) is 6.95. The number of nitrogens with one attached hydrogen (secondary N) is 1. The Hall–Kier alpha value is -1.09. The highest BCUT2D eigenvalue weighted by Gasteiger charge is 2.23. The van der Waals surface area contributed by atoms with E-state index in [1.54, 1.807) is 36.0 Å². The lowest BCUT2D eigenvalue weighted by Crippen LogP contribution is -2.41. The van der Waals surface area contributed by atoms with Gasteiger partial charge in [-0.2, -0.15) is 11.8 Å². The van der Waals surface area contributed by atoms with Crippen molar-refractivity contribution in [3.63, 3.8) is 0 Å². The molecule has 1 aromatic rings. The first-order chi connectivity index (χ1) is 10.5. The zero-order chi connectivity index (χ0) is 16.0. The van der Waals surface area contributed by atoms with Crippen LogP contribution in [0, 0.1) is 0 Å². The zero-order valence-corrected chi connectivity index (χ0v) is 14.0. The Kier molecular flexibility index (Phi) is 6.25. The maximum Gasteiger partial charge on any atom is 0.251 e. The van der Waals surface area contributed by atoms with Gasteiger partial charge in [-0.25, -0.2) is 12.7 Å². The van der Waals surface area contributed by atoms with Crippen LogP contribution in [0.4, 0.5) is 0 Å². The van der Waals surface area contributed by atoms with Crippen LogP contribution >= 0.6 is 11.8 Å². The van der Waals surface area contributed by atoms with Gasteiger partial charge in [0.25, 0.3) is 5.91 Å². The van der Waals surface area contributed by atoms with E-state index in [9.17, 15) is 13.2 Å². The molecule has 1 heterocycles. The lowest BCUT2D eigenvalue weighted by Gasteiger charge is -2.25. The maximum atomic E-state index is 12.1. The molecule has 8 heteroatoms. The fraction of sp³-hybridized carbons (Fsp3) is 0.500. The van der Waals surface area contributed by atoms with Crippen LogP contribution in [-0.4, -0.2) is 55.5 Å². The summed E-state index contributed by atoms with van der Waals surface area (Å²) in [6.45, 7) is 1.65. The molecule has 6 nitrogen and oxygen atoms in total. The van der Waals surface area contributed by atoms with Gasteiger partial charge in [0.1, 0.15) is 0 Å². The van der Waals surface area contributed by atoms with Gasteiger partial charge in [0.05, 0.1) is 5.75 Å². The molecule has 3 N–H and O–H groups in total. The molecule has 22 heavy (non-hydrogen) atoms. The molecule has 1 aliphatic heterocycles. The van der Waals surface area contributed by atoms with E-state index in [4.69, 9.17) is 5.73 Å². The Morgan fingerprint density at radius 1 is 1.23 bits per heavy atom. The highest BCUT2D eigenvalue weighted by atomic mass is 32.2. The normalized spacial score (nSPS) is 16.4. The van der Waals surface area contributed by atoms with Crippen LogP contribution in [0.25, 0.3) is 0 Å². The van der Waals surface area contributed by atoms with Crippen LogP contribution in [0.3, 0.4) is 0 Å². The highest BCUT2D eigenvalue weighted by Crippen LogP contribution is 2.13. The molecule has 1 saturated heterocycles. The smallest absolute Gasteiger partial charge is 0.251 e. The van der Waals surface area contributed by atoms with E-state index in [1.807, 2.05) is 0 Å². The number of carbonyl (C=O) groups excluding carboxylic acids is 1. The lowest BCUT2D eigenvalue weighted by molar-refractivity contribution is 0.0956. The monoisotopic (exact) mass is 343 g/mol. The van der Waals surface area contributed by atoms with Crippen LogP contribution in [0.5, 0.6) is 0 Å². The first-order valence-corrected chi connectivity index (χ1v) is 9.92. The topological polar surface area (TPSA) is 92.5 Å². The Morgan fingerprint density at radius 3 is 2.45 bits per heavy atom. The van der Waals surface area contributed by atoms with Gasteiger partial charge in [-0.1, -0.05) is 12.1 Å². The predicted octanol–water partition coefficient (Wildman–Crippen LogP) is 0.254. The second-order valence-electron chi connectivity index (χ2n) is 4.98. The predicted molar refractivity (Wildman–Crippen MR) is 89.4 cm³/mol. The van der Waals surface area contributed by atoms with Crippen molar-refractivity contribution in [1.82, 2.24) is 9.62 Å². The molecular weight excluding hydrogens is 322 g/mol. The number of benzene rings is 1. The molecule has 0 radical (unpaired) electrons. The molecule has 0 saturated carbocycles. The summed E-state index contributed by atoms with van der Waals surface area (Å²) in [5.41, 5.74) is 6.95. The number of nitrogens with two attached hydrogens (primary N) is 1. The summed E-state index contributed by atoms with van der Waals surface area (Å²) in [6.07, 6.45) is 0. The molecule has 1 aliphatic rings. The molecule has 0 atom stereocenters. The summed E-state index contributed by atoms with van der Waals surface area (Å²) < 4.78 is 25.8. The number of nitrogens with zero attached hydrogens (tertiary/aromatic N) is 1. The Balaban J connectivity index is 1.83. The third-order valence-corrected chi connectivity index (χ3v) is 6.28. The first-order valence-electron chi connectivity index (χ1n) is 7.16. The van der Waals surface area contributed by atoms with Gasteiger partial charge >= 0.3 is 0 Å². The van der Waals surface area contributed by atoms with E-state index >= 15 is 0 Å². The second-order valence-corrected chi connectivity index (χ2v) is 8.30. The average Bonchev–Trinajstić information content (AvgIpc) is 2.55. The van der Waals surface area contributed by atoms with E-state index < -0.39 is 10.0 Å². The maximum absolute atomic E-state index is 12.1. The van der Waals surface area contributed by atoms with Crippen LogP contribution in [0.2, 0.25) is 0 Å². The van der Waals surface area contributed by atoms with Crippen LogP contribution in [0.1, 0.15) is 15.9 Å². The molecule has 1 fully saturated rings. The average molecular weight is 343 g/mol. The Labute approximate surface area is 135 Å². The number of thioether (sulfide) groups is 1. The van der Waals surface area contributed by atoms with E-state index in [0.717, 1.165) is 17.1 Å². The molecule has 2 rings (SSSR count). The minimum absolute atomic E-state index is 0.0652. The summed E-state index contributed by atoms with van der Waals surface area (Å²) >= 11 is 1.76. The summed E-state index contributed by atoms with van der Waals surface area (Å²) in [5, 5.41) is 2.65. The molecule has 1 amide bonds. The number of hydrogen-bond donors (Lipinski definition) is 2. The fourth-order valence-corrected chi connectivity index (χ4v) is 4.63. The van der Waals surface area contributed by atoms with Gasteiger partial charge in [-0.15, -0.1) is 0 Å². The second kappa shape index (κ2) is 7.96. The molecule has 0 aliphatic carbocycles. The quantitative estimate of drug-likeness (QED) is 0.773. The van der Waals surface area contributed by atoms with Crippen LogP contribution in [-0.2, 0) is 16.6 Å². The van der Waals surface area contributed by atoms with E-state index in [1.165, 1.54) is 4.31 Å². The van der Waals surface area contributed by atoms with Gasteiger partial charge in [-0.05, 0) is 17.7 Å². The van der Waals surface area contributed by atoms with Crippen molar-refractivity contribution in [2.45, 2.75) is 6.54 Å². The Bertz CT molecular complexity index is 596. The first kappa shape index (κ1) is 17.3. The standard InChI is InChI=1S/C14H21N3O3S2/c15-11-12-1-3-13(4-2-12)14(18)16-5-10-22(19,20)17-6-8-21-9-7-17/h1-4H,5-11,15H2,(H,16,18). The number of rotatable bonds is 6. The van der Waals surface area contributed by atoms with E-state index in [2.05, 4.69) is 5.32 Å². The summed E-state index contributed by atoms with van der Waals surface area (Å²) in [5.74, 6) is 1.33. The van der Waals surface area contributed by atoms with Crippen LogP contribution in [0.15, 0.2) is 24.3 Å². The van der Waals surface area contributed by atoms with Gasteiger partial charge in [-0.3, -0.25) is 4.79 Å². The minimum Gasteiger partial charge on any atom is -0.351 e. The number of hydrogen-bond acceptors (Lipinski definition) is 5. The zero-order valence-electron chi connectivity index (χ0n) is 12.3. The lowest BCUT2D eigenvalue weighted by atomic mass is 10.1. The number of amides is 1. The number of carbonyl (C=O) groups is 1. The SMILES string of the molecule is NCc1ccc(C(=O)NCCS(=O)(=O)N2CCSCC2)cc1. The van der Waals surface area contributed by atoms with Crippen molar-refractivity contribution in [1.29, 1.82) is 0 Å². The minimum atomic E-state index is -3.28. The van der Waals surface area contributed by atoms with E-state index in [-0.39, 0.29) is 18.2 Å². The van der Waals surface area contributed by atoms with Gasteiger partial charge < -0.3 is 11.1 Å². The molecule has 0 unspecified atom stereocenters. The van der Waals surface area contributed by atoms with Crippen molar-refractivity contribution >= 4 is 27.7 Å². The summed E-state index contributed by atoms with van der Waals surface area (Å²) in [4.78, 5) is 12.0. The van der Waals surface area contributed by atoms with Gasteiger partial charge in [0.15, 0.2) is 0 Å². The molecule has 0 aromatic heterocycles. The third kappa shape index (κ3) is 4.70. The van der Waals surface area contributed by atoms with Crippen molar-refractivity contribution in [2.75, 3.05) is 36.9 Å². The molecule has 122 valence electrons. The van der Waals surface area contributed by atoms with Crippen molar-refractivity contribution in [3.05, 3.63) is 35.4 Å². The fourth-order valence-electron chi connectivity index (χ4n) is 2.14. The van der Waals surface area contributed by atoms with Gasteiger partial charge in [0.2, 0.25) is 10.0 Å². The molecular formula is C14H21N3O3S2.